The molecule has 2 N–H and O–H groups in total. The summed E-state index contributed by atoms with van der Waals surface area (Å²) in [6, 6.07) is 9.68. The van der Waals surface area contributed by atoms with E-state index in [2.05, 4.69) is 4.98 Å². The van der Waals surface area contributed by atoms with Gasteiger partial charge >= 0.3 is 0 Å². The summed E-state index contributed by atoms with van der Waals surface area (Å²) < 4.78 is 19.2. The van der Waals surface area contributed by atoms with E-state index in [1.807, 2.05) is 13.0 Å². The van der Waals surface area contributed by atoms with Crippen LogP contribution in [0.3, 0.4) is 0 Å². The predicted molar refractivity (Wildman–Crippen MR) is 67.7 cm³/mol. The van der Waals surface area contributed by atoms with Crippen molar-refractivity contribution < 1.29 is 9.13 Å². The third kappa shape index (κ3) is 2.84. The number of hydrogen-bond acceptors (Lipinski definition) is 3. The molecular formula is C14H15FN2O. The van der Waals surface area contributed by atoms with Gasteiger partial charge in [-0.25, -0.2) is 4.39 Å². The van der Waals surface area contributed by atoms with E-state index < -0.39 is 11.9 Å². The maximum absolute atomic E-state index is 13.5. The lowest BCUT2D eigenvalue weighted by molar-refractivity contribution is 0.172. The highest BCUT2D eigenvalue weighted by atomic mass is 19.1. The van der Waals surface area contributed by atoms with Gasteiger partial charge in [-0.05, 0) is 25.1 Å². The highest BCUT2D eigenvalue weighted by molar-refractivity contribution is 5.26. The molecule has 1 aromatic carbocycles. The van der Waals surface area contributed by atoms with Crippen LogP contribution in [-0.4, -0.2) is 11.0 Å². The van der Waals surface area contributed by atoms with E-state index in [9.17, 15) is 4.39 Å². The van der Waals surface area contributed by atoms with Crippen LogP contribution in [0.15, 0.2) is 48.8 Å². The lowest BCUT2D eigenvalue weighted by Crippen LogP contribution is -2.29. The Bertz CT molecular complexity index is 502. The first-order valence-electron chi connectivity index (χ1n) is 5.75. The highest BCUT2D eigenvalue weighted by Crippen LogP contribution is 2.25. The Kier molecular flexibility index (Phi) is 3.89. The van der Waals surface area contributed by atoms with Gasteiger partial charge < -0.3 is 10.5 Å². The molecule has 18 heavy (non-hydrogen) atoms. The zero-order valence-electron chi connectivity index (χ0n) is 10.1. The molecule has 0 bridgehead atoms. The van der Waals surface area contributed by atoms with E-state index in [4.69, 9.17) is 10.5 Å². The predicted octanol–water partition coefficient (Wildman–Crippen LogP) is 2.69. The van der Waals surface area contributed by atoms with Gasteiger partial charge in [-0.1, -0.05) is 18.2 Å². The van der Waals surface area contributed by atoms with Crippen LogP contribution in [0, 0.1) is 5.82 Å². The minimum absolute atomic E-state index is 0.198. The largest absolute Gasteiger partial charge is 0.481 e. The molecule has 0 saturated carbocycles. The SMILES string of the molecule is CC(N)C(Oc1ccccc1F)c1cccnc1. The first kappa shape index (κ1) is 12.5. The molecule has 0 fully saturated rings. The number of ether oxygens (including phenoxy) is 1. The molecule has 3 nitrogen and oxygen atoms in total. The molecule has 1 aromatic heterocycles. The fourth-order valence-electron chi connectivity index (χ4n) is 1.70. The van der Waals surface area contributed by atoms with Gasteiger partial charge in [0.05, 0.1) is 0 Å². The maximum Gasteiger partial charge on any atom is 0.165 e. The molecule has 2 atom stereocenters. The van der Waals surface area contributed by atoms with Crippen molar-refractivity contribution in [1.82, 2.24) is 4.98 Å². The molecule has 0 aliphatic rings. The van der Waals surface area contributed by atoms with E-state index >= 15 is 0 Å². The average molecular weight is 246 g/mol. The van der Waals surface area contributed by atoms with Crippen LogP contribution in [-0.2, 0) is 0 Å². The molecule has 0 aliphatic carbocycles. The quantitative estimate of drug-likeness (QED) is 0.902. The van der Waals surface area contributed by atoms with Gasteiger partial charge in [0.1, 0.15) is 6.10 Å². The van der Waals surface area contributed by atoms with Gasteiger partial charge in [0.25, 0.3) is 0 Å². The zero-order chi connectivity index (χ0) is 13.0. The Morgan fingerprint density at radius 2 is 2.00 bits per heavy atom. The van der Waals surface area contributed by atoms with Gasteiger partial charge in [0, 0.05) is 24.0 Å². The van der Waals surface area contributed by atoms with Gasteiger partial charge in [-0.2, -0.15) is 0 Å². The number of nitrogens with two attached hydrogens (primary N) is 1. The molecule has 1 heterocycles. The van der Waals surface area contributed by atoms with Crippen molar-refractivity contribution in [2.75, 3.05) is 0 Å². The summed E-state index contributed by atoms with van der Waals surface area (Å²) >= 11 is 0. The number of aromatic nitrogens is 1. The van der Waals surface area contributed by atoms with Gasteiger partial charge in [-0.3, -0.25) is 4.98 Å². The molecule has 2 unspecified atom stereocenters. The van der Waals surface area contributed by atoms with Crippen molar-refractivity contribution in [3.05, 3.63) is 60.2 Å². The normalized spacial score (nSPS) is 13.9. The fourth-order valence-corrected chi connectivity index (χ4v) is 1.70. The van der Waals surface area contributed by atoms with Crippen LogP contribution < -0.4 is 10.5 Å². The molecule has 0 spiro atoms. The average Bonchev–Trinajstić information content (AvgIpc) is 2.38. The summed E-state index contributed by atoms with van der Waals surface area (Å²) in [6.45, 7) is 1.82. The van der Waals surface area contributed by atoms with Crippen molar-refractivity contribution in [2.45, 2.75) is 19.1 Å². The van der Waals surface area contributed by atoms with Gasteiger partial charge in [0.15, 0.2) is 11.6 Å². The lowest BCUT2D eigenvalue weighted by atomic mass is 10.1. The number of halogens is 1. The van der Waals surface area contributed by atoms with Crippen LogP contribution in [0.5, 0.6) is 5.75 Å². The van der Waals surface area contributed by atoms with Crippen LogP contribution >= 0.6 is 0 Å². The summed E-state index contributed by atoms with van der Waals surface area (Å²) in [4.78, 5) is 4.02. The first-order valence-corrected chi connectivity index (χ1v) is 5.75. The second kappa shape index (κ2) is 5.60. The van der Waals surface area contributed by atoms with E-state index in [0.29, 0.717) is 0 Å². The molecule has 0 aliphatic heterocycles. The van der Waals surface area contributed by atoms with E-state index in [0.717, 1.165) is 5.56 Å². The van der Waals surface area contributed by atoms with Crippen molar-refractivity contribution in [1.29, 1.82) is 0 Å². The highest BCUT2D eigenvalue weighted by Gasteiger charge is 2.19. The zero-order valence-corrected chi connectivity index (χ0v) is 10.1. The summed E-state index contributed by atoms with van der Waals surface area (Å²) in [6.07, 6.45) is 2.93. The Balaban J connectivity index is 2.26. The fraction of sp³-hybridized carbons (Fsp3) is 0.214. The second-order valence-electron chi connectivity index (χ2n) is 4.11. The molecule has 0 saturated heterocycles. The molecule has 0 amide bonds. The van der Waals surface area contributed by atoms with Crippen molar-refractivity contribution >= 4 is 0 Å². The Hall–Kier alpha value is -1.94. The number of rotatable bonds is 4. The summed E-state index contributed by atoms with van der Waals surface area (Å²) in [5, 5.41) is 0. The second-order valence-corrected chi connectivity index (χ2v) is 4.11. The topological polar surface area (TPSA) is 48.1 Å². The summed E-state index contributed by atoms with van der Waals surface area (Å²) in [7, 11) is 0. The maximum atomic E-state index is 13.5. The van der Waals surface area contributed by atoms with Crippen LogP contribution in [0.1, 0.15) is 18.6 Å². The molecule has 4 heteroatoms. The lowest BCUT2D eigenvalue weighted by Gasteiger charge is -2.22. The van der Waals surface area contributed by atoms with Gasteiger partial charge in [-0.15, -0.1) is 0 Å². The number of pyridine rings is 1. The number of benzene rings is 1. The molecule has 2 aromatic rings. The Morgan fingerprint density at radius 1 is 1.22 bits per heavy atom. The Labute approximate surface area is 105 Å². The number of nitrogens with zero attached hydrogens (tertiary/aromatic N) is 1. The standard InChI is InChI=1S/C14H15FN2O/c1-10(16)14(11-5-4-8-17-9-11)18-13-7-3-2-6-12(13)15/h2-10,14H,16H2,1H3. The van der Waals surface area contributed by atoms with Crippen LogP contribution in [0.25, 0.3) is 0 Å². The first-order chi connectivity index (χ1) is 8.68. The molecule has 2 rings (SSSR count). The summed E-state index contributed by atoms with van der Waals surface area (Å²) in [5.74, 6) is -0.198. The van der Waals surface area contributed by atoms with Gasteiger partial charge in [0.2, 0.25) is 0 Å². The molecular weight excluding hydrogens is 231 g/mol. The van der Waals surface area contributed by atoms with Crippen molar-refractivity contribution in [2.24, 2.45) is 5.73 Å². The minimum Gasteiger partial charge on any atom is -0.481 e. The number of para-hydroxylation sites is 1. The smallest absolute Gasteiger partial charge is 0.165 e. The molecule has 0 radical (unpaired) electrons. The van der Waals surface area contributed by atoms with Crippen LogP contribution in [0.2, 0.25) is 0 Å². The van der Waals surface area contributed by atoms with Crippen LogP contribution in [0.4, 0.5) is 4.39 Å². The molecule has 94 valence electrons. The summed E-state index contributed by atoms with van der Waals surface area (Å²) in [5.41, 5.74) is 6.72. The van der Waals surface area contributed by atoms with E-state index in [-0.39, 0.29) is 11.8 Å². The Morgan fingerprint density at radius 3 is 2.61 bits per heavy atom. The van der Waals surface area contributed by atoms with Crippen molar-refractivity contribution in [3.8, 4) is 5.75 Å². The minimum atomic E-state index is -0.421. The van der Waals surface area contributed by atoms with E-state index in [1.54, 1.807) is 36.7 Å². The monoisotopic (exact) mass is 246 g/mol. The number of hydrogen-bond donors (Lipinski definition) is 1. The third-order valence-electron chi connectivity index (χ3n) is 2.58. The third-order valence-corrected chi connectivity index (χ3v) is 2.58. The van der Waals surface area contributed by atoms with Crippen molar-refractivity contribution in [3.63, 3.8) is 0 Å². The van der Waals surface area contributed by atoms with E-state index in [1.165, 1.54) is 6.07 Å².